The molecule has 2 aromatic carbocycles. The highest BCUT2D eigenvalue weighted by molar-refractivity contribution is 7.95. The fourth-order valence-corrected chi connectivity index (χ4v) is 5.87. The van der Waals surface area contributed by atoms with E-state index in [0.29, 0.717) is 12.8 Å². The summed E-state index contributed by atoms with van der Waals surface area (Å²) >= 11 is 0. The third-order valence-corrected chi connectivity index (χ3v) is 7.62. The van der Waals surface area contributed by atoms with Crippen molar-refractivity contribution in [2.45, 2.75) is 33.0 Å². The number of carbonyl (C=O) groups is 2. The Morgan fingerprint density at radius 1 is 0.867 bits per heavy atom. The van der Waals surface area contributed by atoms with Crippen LogP contribution in [0.3, 0.4) is 0 Å². The topological polar surface area (TPSA) is 110 Å². The number of unbranched alkanes of at least 4 members (excludes halogenated alkanes) is 1. The fraction of sp³-hybridized carbons (Fsp3) is 0.364. The summed E-state index contributed by atoms with van der Waals surface area (Å²) in [7, 11) is -1.44. The molecule has 0 bridgehead atoms. The Hall–Kier alpha value is -2.47. The molecule has 7 nitrogen and oxygen atoms in total. The molecule has 0 saturated carbocycles. The molecule has 2 rings (SSSR count). The maximum atomic E-state index is 14.1. The van der Waals surface area contributed by atoms with Crippen molar-refractivity contribution < 1.29 is 33.8 Å². The fourth-order valence-electron chi connectivity index (χ4n) is 3.29. The molecule has 1 atom stereocenters. The van der Waals surface area contributed by atoms with E-state index in [1.807, 2.05) is 6.92 Å². The van der Waals surface area contributed by atoms with Crippen LogP contribution in [0.1, 0.15) is 51.6 Å². The second-order valence-corrected chi connectivity index (χ2v) is 9.47. The number of rotatable bonds is 11. The standard InChI is InChI=1S/C22H27O7P/c1-4-5-12-30(27,21(25)19-15(13-23)8-6-9-16(19)14-24)22(26)20-17(28-2)10-7-11-18(20)29-3/h6-11,23-24H,4-5,12-14H2,1-3H3. The van der Waals surface area contributed by atoms with E-state index < -0.39 is 31.4 Å². The smallest absolute Gasteiger partial charge is 0.236 e. The maximum Gasteiger partial charge on any atom is 0.236 e. The van der Waals surface area contributed by atoms with Crippen LogP contribution in [0.2, 0.25) is 0 Å². The van der Waals surface area contributed by atoms with Crippen molar-refractivity contribution in [2.24, 2.45) is 0 Å². The monoisotopic (exact) mass is 434 g/mol. The highest BCUT2D eigenvalue weighted by Crippen LogP contribution is 2.55. The minimum absolute atomic E-state index is 0.0534. The third kappa shape index (κ3) is 4.48. The summed E-state index contributed by atoms with van der Waals surface area (Å²) in [4.78, 5) is 27.1. The van der Waals surface area contributed by atoms with E-state index in [4.69, 9.17) is 9.47 Å². The van der Waals surface area contributed by atoms with Crippen molar-refractivity contribution in [2.75, 3.05) is 20.4 Å². The minimum atomic E-state index is -4.18. The zero-order valence-electron chi connectivity index (χ0n) is 17.4. The second kappa shape index (κ2) is 10.5. The largest absolute Gasteiger partial charge is 0.496 e. The van der Waals surface area contributed by atoms with Gasteiger partial charge in [0.05, 0.1) is 27.4 Å². The van der Waals surface area contributed by atoms with E-state index in [2.05, 4.69) is 0 Å². The van der Waals surface area contributed by atoms with Crippen LogP contribution < -0.4 is 9.47 Å². The van der Waals surface area contributed by atoms with Crippen LogP contribution in [0.5, 0.6) is 11.5 Å². The van der Waals surface area contributed by atoms with E-state index in [1.165, 1.54) is 38.5 Å². The first-order chi connectivity index (χ1) is 14.4. The first kappa shape index (κ1) is 23.8. The van der Waals surface area contributed by atoms with Gasteiger partial charge in [0.15, 0.2) is 0 Å². The van der Waals surface area contributed by atoms with Gasteiger partial charge in [0.25, 0.3) is 0 Å². The number of ether oxygens (including phenoxy) is 2. The van der Waals surface area contributed by atoms with Crippen LogP contribution >= 0.6 is 7.14 Å². The Balaban J connectivity index is 2.73. The Bertz CT molecular complexity index is 852. The van der Waals surface area contributed by atoms with Gasteiger partial charge in [0, 0.05) is 11.7 Å². The van der Waals surface area contributed by atoms with Crippen molar-refractivity contribution in [3.8, 4) is 11.5 Å². The Kier molecular flexibility index (Phi) is 8.35. The van der Waals surface area contributed by atoms with Crippen LogP contribution in [-0.4, -0.2) is 41.6 Å². The number of methoxy groups -OCH3 is 2. The lowest BCUT2D eigenvalue weighted by atomic mass is 10.0. The summed E-state index contributed by atoms with van der Waals surface area (Å²) in [6.07, 6.45) is 0.886. The SMILES string of the molecule is CCCCP(=O)(C(=O)c1c(CO)cccc1CO)C(=O)c1c(OC)cccc1OC. The van der Waals surface area contributed by atoms with Crippen molar-refractivity contribution in [1.29, 1.82) is 0 Å². The molecule has 2 aromatic rings. The van der Waals surface area contributed by atoms with E-state index in [-0.39, 0.29) is 39.9 Å². The van der Waals surface area contributed by atoms with Gasteiger partial charge in [0.1, 0.15) is 17.1 Å². The Labute approximate surface area is 176 Å². The summed E-state index contributed by atoms with van der Waals surface area (Å²) in [5.74, 6) is 0.309. The quantitative estimate of drug-likeness (QED) is 0.517. The summed E-state index contributed by atoms with van der Waals surface area (Å²) in [6, 6.07) is 9.28. The number of aliphatic hydroxyl groups is 2. The molecule has 2 N–H and O–H groups in total. The first-order valence-electron chi connectivity index (χ1n) is 9.61. The number of hydrogen-bond acceptors (Lipinski definition) is 7. The summed E-state index contributed by atoms with van der Waals surface area (Å²) < 4.78 is 24.6. The summed E-state index contributed by atoms with van der Waals surface area (Å²) in [5, 5.41) is 19.4. The van der Waals surface area contributed by atoms with Gasteiger partial charge in [-0.05, 0) is 29.7 Å². The lowest BCUT2D eigenvalue weighted by Gasteiger charge is -2.21. The molecule has 30 heavy (non-hydrogen) atoms. The summed E-state index contributed by atoms with van der Waals surface area (Å²) in [5.41, 5.74) is -1.42. The maximum absolute atomic E-state index is 14.1. The summed E-state index contributed by atoms with van der Waals surface area (Å²) in [6.45, 7) is 0.882. The molecular weight excluding hydrogens is 407 g/mol. The average molecular weight is 434 g/mol. The Morgan fingerprint density at radius 3 is 1.77 bits per heavy atom. The van der Waals surface area contributed by atoms with Crippen LogP contribution in [0.15, 0.2) is 36.4 Å². The Morgan fingerprint density at radius 2 is 1.33 bits per heavy atom. The molecular formula is C22H27O7P. The molecule has 1 unspecified atom stereocenters. The van der Waals surface area contributed by atoms with E-state index >= 15 is 0 Å². The zero-order valence-corrected chi connectivity index (χ0v) is 18.3. The van der Waals surface area contributed by atoms with Crippen LogP contribution in [0.4, 0.5) is 0 Å². The van der Waals surface area contributed by atoms with Crippen LogP contribution in [-0.2, 0) is 17.8 Å². The molecule has 0 fully saturated rings. The van der Waals surface area contributed by atoms with E-state index in [0.717, 1.165) is 0 Å². The predicted molar refractivity (Wildman–Crippen MR) is 114 cm³/mol. The highest BCUT2D eigenvalue weighted by atomic mass is 31.2. The van der Waals surface area contributed by atoms with E-state index in [1.54, 1.807) is 12.1 Å². The first-order valence-corrected chi connectivity index (χ1v) is 11.5. The predicted octanol–water partition coefficient (Wildman–Crippen LogP) is 3.83. The number of benzene rings is 2. The van der Waals surface area contributed by atoms with Gasteiger partial charge in [-0.25, -0.2) is 0 Å². The lowest BCUT2D eigenvalue weighted by Crippen LogP contribution is -2.18. The van der Waals surface area contributed by atoms with Crippen molar-refractivity contribution in [1.82, 2.24) is 0 Å². The molecule has 0 aliphatic carbocycles. The van der Waals surface area contributed by atoms with Gasteiger partial charge >= 0.3 is 0 Å². The number of carbonyl (C=O) groups excluding carboxylic acids is 2. The molecule has 0 amide bonds. The number of hydrogen-bond donors (Lipinski definition) is 2. The molecule has 0 aliphatic rings. The molecule has 0 radical (unpaired) electrons. The van der Waals surface area contributed by atoms with Crippen molar-refractivity contribution >= 4 is 18.2 Å². The van der Waals surface area contributed by atoms with Gasteiger partial charge < -0.3 is 24.3 Å². The molecule has 0 saturated heterocycles. The second-order valence-electron chi connectivity index (χ2n) is 6.73. The van der Waals surface area contributed by atoms with E-state index in [9.17, 15) is 24.4 Å². The normalized spacial score (nSPS) is 12.8. The third-order valence-electron chi connectivity index (χ3n) is 4.92. The van der Waals surface area contributed by atoms with Gasteiger partial charge in [0.2, 0.25) is 18.2 Å². The zero-order chi connectivity index (χ0) is 22.3. The molecule has 0 heterocycles. The molecule has 0 aromatic heterocycles. The minimum Gasteiger partial charge on any atom is -0.496 e. The van der Waals surface area contributed by atoms with Gasteiger partial charge in [-0.3, -0.25) is 9.59 Å². The van der Waals surface area contributed by atoms with Gasteiger partial charge in [-0.15, -0.1) is 0 Å². The highest BCUT2D eigenvalue weighted by Gasteiger charge is 2.44. The van der Waals surface area contributed by atoms with Crippen molar-refractivity contribution in [3.63, 3.8) is 0 Å². The average Bonchev–Trinajstić information content (AvgIpc) is 2.79. The molecule has 0 spiro atoms. The lowest BCUT2D eigenvalue weighted by molar-refractivity contribution is 0.103. The molecule has 0 aliphatic heterocycles. The van der Waals surface area contributed by atoms with Crippen LogP contribution in [0.25, 0.3) is 0 Å². The van der Waals surface area contributed by atoms with Crippen molar-refractivity contribution in [3.05, 3.63) is 58.7 Å². The molecule has 162 valence electrons. The number of aliphatic hydroxyl groups excluding tert-OH is 2. The van der Waals surface area contributed by atoms with Gasteiger partial charge in [-0.2, -0.15) is 0 Å². The molecule has 8 heteroatoms. The van der Waals surface area contributed by atoms with Crippen LogP contribution in [0, 0.1) is 0 Å². The van der Waals surface area contributed by atoms with Gasteiger partial charge in [-0.1, -0.05) is 37.6 Å².